The fourth-order valence-corrected chi connectivity index (χ4v) is 3.13. The van der Waals surface area contributed by atoms with Crippen LogP contribution in [0.15, 0.2) is 12.3 Å². The fraction of sp³-hybridized carbons (Fsp3) is 0.706. The highest BCUT2D eigenvalue weighted by atomic mass is 19.1. The highest BCUT2D eigenvalue weighted by Gasteiger charge is 2.25. The van der Waals surface area contributed by atoms with Crippen molar-refractivity contribution in [1.29, 1.82) is 0 Å². The van der Waals surface area contributed by atoms with Crippen molar-refractivity contribution in [3.05, 3.63) is 23.6 Å². The highest BCUT2D eigenvalue weighted by Crippen LogP contribution is 2.30. The summed E-state index contributed by atoms with van der Waals surface area (Å²) in [6.07, 6.45) is 7.56. The third-order valence-corrected chi connectivity index (χ3v) is 4.26. The van der Waals surface area contributed by atoms with Crippen LogP contribution in [0.1, 0.15) is 51.5 Å². The van der Waals surface area contributed by atoms with Gasteiger partial charge in [-0.1, -0.05) is 26.7 Å². The van der Waals surface area contributed by atoms with Crippen LogP contribution < -0.4 is 10.2 Å². The summed E-state index contributed by atoms with van der Waals surface area (Å²) in [6.45, 7) is 6.17. The van der Waals surface area contributed by atoms with Crippen LogP contribution in [0.3, 0.4) is 0 Å². The van der Waals surface area contributed by atoms with Crippen LogP contribution in [0.4, 0.5) is 10.2 Å². The molecule has 1 aliphatic carbocycles. The SMILES string of the molecule is CNCc1cc(F)cnc1N(CCC(C)C)C1CCCC1. The van der Waals surface area contributed by atoms with E-state index in [9.17, 15) is 4.39 Å². The predicted octanol–water partition coefficient (Wildman–Crippen LogP) is 3.74. The molecular weight excluding hydrogens is 265 g/mol. The average Bonchev–Trinajstić information content (AvgIpc) is 2.95. The molecule has 1 N–H and O–H groups in total. The van der Waals surface area contributed by atoms with E-state index in [0.717, 1.165) is 24.3 Å². The molecule has 1 aromatic heterocycles. The summed E-state index contributed by atoms with van der Waals surface area (Å²) in [5.74, 6) is 1.39. The van der Waals surface area contributed by atoms with Gasteiger partial charge in [-0.25, -0.2) is 9.37 Å². The summed E-state index contributed by atoms with van der Waals surface area (Å²) in [7, 11) is 1.89. The summed E-state index contributed by atoms with van der Waals surface area (Å²) in [4.78, 5) is 6.86. The lowest BCUT2D eigenvalue weighted by Crippen LogP contribution is -2.36. The maximum absolute atomic E-state index is 13.5. The van der Waals surface area contributed by atoms with Crippen molar-refractivity contribution in [3.63, 3.8) is 0 Å². The number of rotatable bonds is 7. The van der Waals surface area contributed by atoms with E-state index >= 15 is 0 Å². The van der Waals surface area contributed by atoms with E-state index in [1.54, 1.807) is 6.07 Å². The quantitative estimate of drug-likeness (QED) is 0.830. The number of pyridine rings is 1. The molecule has 0 spiro atoms. The predicted molar refractivity (Wildman–Crippen MR) is 86.0 cm³/mol. The van der Waals surface area contributed by atoms with E-state index in [1.165, 1.54) is 31.9 Å². The molecule has 1 saturated carbocycles. The Morgan fingerprint density at radius 3 is 2.71 bits per heavy atom. The second-order valence-electron chi connectivity index (χ2n) is 6.48. The van der Waals surface area contributed by atoms with Gasteiger partial charge in [0, 0.05) is 24.7 Å². The third kappa shape index (κ3) is 4.40. The number of halogens is 1. The van der Waals surface area contributed by atoms with E-state index in [4.69, 9.17) is 0 Å². The second-order valence-corrected chi connectivity index (χ2v) is 6.48. The smallest absolute Gasteiger partial charge is 0.141 e. The van der Waals surface area contributed by atoms with Crippen LogP contribution in [0.5, 0.6) is 0 Å². The molecule has 0 bridgehead atoms. The van der Waals surface area contributed by atoms with Crippen LogP contribution in [0.2, 0.25) is 0 Å². The highest BCUT2D eigenvalue weighted by molar-refractivity contribution is 5.48. The van der Waals surface area contributed by atoms with Crippen molar-refractivity contribution in [1.82, 2.24) is 10.3 Å². The lowest BCUT2D eigenvalue weighted by Gasteiger charge is -2.32. The Bertz CT molecular complexity index is 442. The molecule has 0 atom stereocenters. The Morgan fingerprint density at radius 2 is 2.10 bits per heavy atom. The summed E-state index contributed by atoms with van der Waals surface area (Å²) >= 11 is 0. The van der Waals surface area contributed by atoms with E-state index in [2.05, 4.69) is 29.0 Å². The van der Waals surface area contributed by atoms with Gasteiger partial charge in [0.2, 0.25) is 0 Å². The molecule has 0 amide bonds. The number of hydrogen-bond acceptors (Lipinski definition) is 3. The Balaban J connectivity index is 2.25. The number of anilines is 1. The van der Waals surface area contributed by atoms with Crippen molar-refractivity contribution in [2.75, 3.05) is 18.5 Å². The minimum Gasteiger partial charge on any atom is -0.353 e. The molecule has 1 heterocycles. The van der Waals surface area contributed by atoms with Gasteiger partial charge in [0.1, 0.15) is 11.6 Å². The standard InChI is InChI=1S/C17H28FN3/c1-13(2)8-9-21(16-6-4-5-7-16)17-14(11-19-3)10-15(18)12-20-17/h10,12-13,16,19H,4-9,11H2,1-3H3. The first kappa shape index (κ1) is 16.2. The van der Waals surface area contributed by atoms with Crippen molar-refractivity contribution in [2.24, 2.45) is 5.92 Å². The van der Waals surface area contributed by atoms with E-state index in [1.807, 2.05) is 7.05 Å². The first-order valence-corrected chi connectivity index (χ1v) is 8.17. The minimum absolute atomic E-state index is 0.251. The first-order valence-electron chi connectivity index (χ1n) is 8.17. The van der Waals surface area contributed by atoms with Gasteiger partial charge in [-0.2, -0.15) is 0 Å². The summed E-state index contributed by atoms with van der Waals surface area (Å²) in [6, 6.07) is 2.19. The number of nitrogens with zero attached hydrogens (tertiary/aromatic N) is 2. The van der Waals surface area contributed by atoms with Crippen LogP contribution >= 0.6 is 0 Å². The van der Waals surface area contributed by atoms with Crippen LogP contribution in [0, 0.1) is 11.7 Å². The van der Waals surface area contributed by atoms with Crippen LogP contribution in [0.25, 0.3) is 0 Å². The number of nitrogens with one attached hydrogen (secondary N) is 1. The maximum atomic E-state index is 13.5. The fourth-order valence-electron chi connectivity index (χ4n) is 3.13. The van der Waals surface area contributed by atoms with Crippen molar-refractivity contribution >= 4 is 5.82 Å². The summed E-state index contributed by atoms with van der Waals surface area (Å²) < 4.78 is 13.5. The molecule has 3 nitrogen and oxygen atoms in total. The molecule has 0 saturated heterocycles. The maximum Gasteiger partial charge on any atom is 0.141 e. The molecule has 0 radical (unpaired) electrons. The Labute approximate surface area is 127 Å². The summed E-state index contributed by atoms with van der Waals surface area (Å²) in [5, 5.41) is 3.13. The summed E-state index contributed by atoms with van der Waals surface area (Å²) in [5.41, 5.74) is 0.966. The largest absolute Gasteiger partial charge is 0.353 e. The van der Waals surface area contributed by atoms with Gasteiger partial charge in [-0.05, 0) is 38.3 Å². The zero-order chi connectivity index (χ0) is 15.2. The Kier molecular flexibility index (Phi) is 5.97. The van der Waals surface area contributed by atoms with Gasteiger partial charge in [0.15, 0.2) is 0 Å². The topological polar surface area (TPSA) is 28.2 Å². The normalized spacial score (nSPS) is 15.9. The van der Waals surface area contributed by atoms with Gasteiger partial charge >= 0.3 is 0 Å². The minimum atomic E-state index is -0.251. The van der Waals surface area contributed by atoms with Gasteiger partial charge < -0.3 is 10.2 Å². The second kappa shape index (κ2) is 7.74. The number of hydrogen-bond donors (Lipinski definition) is 1. The van der Waals surface area contributed by atoms with Gasteiger partial charge in [0.25, 0.3) is 0 Å². The lowest BCUT2D eigenvalue weighted by atomic mass is 10.1. The van der Waals surface area contributed by atoms with E-state index < -0.39 is 0 Å². The Morgan fingerprint density at radius 1 is 1.38 bits per heavy atom. The molecule has 0 aromatic carbocycles. The zero-order valence-electron chi connectivity index (χ0n) is 13.5. The van der Waals surface area contributed by atoms with Crippen molar-refractivity contribution in [3.8, 4) is 0 Å². The van der Waals surface area contributed by atoms with Crippen LogP contribution in [-0.4, -0.2) is 24.6 Å². The molecule has 118 valence electrons. The molecule has 0 aliphatic heterocycles. The molecule has 1 aliphatic rings. The van der Waals surface area contributed by atoms with Crippen LogP contribution in [-0.2, 0) is 6.54 Å². The molecule has 1 fully saturated rings. The lowest BCUT2D eigenvalue weighted by molar-refractivity contribution is 0.521. The molecule has 4 heteroatoms. The third-order valence-electron chi connectivity index (χ3n) is 4.26. The molecule has 0 unspecified atom stereocenters. The number of aromatic nitrogens is 1. The molecule has 2 rings (SSSR count). The van der Waals surface area contributed by atoms with E-state index in [0.29, 0.717) is 18.5 Å². The average molecular weight is 293 g/mol. The van der Waals surface area contributed by atoms with Crippen molar-refractivity contribution < 1.29 is 4.39 Å². The van der Waals surface area contributed by atoms with Crippen molar-refractivity contribution in [2.45, 2.75) is 58.5 Å². The zero-order valence-corrected chi connectivity index (χ0v) is 13.5. The van der Waals surface area contributed by atoms with Gasteiger partial charge in [-0.15, -0.1) is 0 Å². The van der Waals surface area contributed by atoms with Gasteiger partial charge in [0.05, 0.1) is 6.20 Å². The van der Waals surface area contributed by atoms with Gasteiger partial charge in [-0.3, -0.25) is 0 Å². The molecular formula is C17H28FN3. The molecule has 21 heavy (non-hydrogen) atoms. The monoisotopic (exact) mass is 293 g/mol. The van der Waals surface area contributed by atoms with E-state index in [-0.39, 0.29) is 5.82 Å². The first-order chi connectivity index (χ1) is 10.1. The molecule has 1 aromatic rings. The Hall–Kier alpha value is -1.16.